The van der Waals surface area contributed by atoms with E-state index in [1.54, 1.807) is 20.2 Å². The lowest BCUT2D eigenvalue weighted by Crippen LogP contribution is -2.46. The SMILES string of the molecule is Cc1c(C(=O)Nc2ccc(N3CCN(c4ccccc4)CC3)nc2)sc2ncn(C)c(=O)c12. The molecule has 1 fully saturated rings. The zero-order chi connectivity index (χ0) is 22.9. The van der Waals surface area contributed by atoms with Gasteiger partial charge in [-0.1, -0.05) is 18.2 Å². The van der Waals surface area contributed by atoms with Crippen LogP contribution in [0.5, 0.6) is 0 Å². The molecule has 1 aromatic carbocycles. The molecule has 0 atom stereocenters. The molecule has 1 amide bonds. The molecule has 33 heavy (non-hydrogen) atoms. The monoisotopic (exact) mass is 460 g/mol. The molecule has 3 aromatic heterocycles. The highest BCUT2D eigenvalue weighted by molar-refractivity contribution is 7.20. The molecule has 1 aliphatic heterocycles. The molecular formula is C24H24N6O2S. The molecular weight excluding hydrogens is 436 g/mol. The molecule has 1 saturated heterocycles. The molecule has 0 unspecified atom stereocenters. The Hall–Kier alpha value is -3.72. The van der Waals surface area contributed by atoms with E-state index >= 15 is 0 Å². The van der Waals surface area contributed by atoms with Crippen molar-refractivity contribution in [2.75, 3.05) is 41.3 Å². The Morgan fingerprint density at radius 3 is 2.42 bits per heavy atom. The summed E-state index contributed by atoms with van der Waals surface area (Å²) in [6, 6.07) is 14.2. The topological polar surface area (TPSA) is 83.4 Å². The van der Waals surface area contributed by atoms with Crippen LogP contribution in [0, 0.1) is 6.92 Å². The van der Waals surface area contributed by atoms with Gasteiger partial charge in [0.1, 0.15) is 10.6 Å². The summed E-state index contributed by atoms with van der Waals surface area (Å²) in [4.78, 5) is 39.8. The Bertz CT molecular complexity index is 1360. The molecule has 5 rings (SSSR count). The number of aryl methyl sites for hydroxylation is 2. The predicted molar refractivity (Wildman–Crippen MR) is 133 cm³/mol. The lowest BCUT2D eigenvalue weighted by molar-refractivity contribution is 0.103. The summed E-state index contributed by atoms with van der Waals surface area (Å²) < 4.78 is 1.42. The fourth-order valence-corrected chi connectivity index (χ4v) is 5.13. The van der Waals surface area contributed by atoms with Crippen molar-refractivity contribution < 1.29 is 4.79 Å². The van der Waals surface area contributed by atoms with E-state index in [4.69, 9.17) is 0 Å². The Morgan fingerprint density at radius 1 is 1.00 bits per heavy atom. The number of hydrogen-bond donors (Lipinski definition) is 1. The maximum atomic E-state index is 12.9. The fraction of sp³-hybridized carbons (Fsp3) is 0.250. The van der Waals surface area contributed by atoms with Gasteiger partial charge in [0.2, 0.25) is 0 Å². The van der Waals surface area contributed by atoms with Gasteiger partial charge in [0.25, 0.3) is 11.5 Å². The molecule has 0 bridgehead atoms. The van der Waals surface area contributed by atoms with Crippen LogP contribution in [0.1, 0.15) is 15.2 Å². The zero-order valence-corrected chi connectivity index (χ0v) is 19.3. The molecule has 0 saturated carbocycles. The number of nitrogens with one attached hydrogen (secondary N) is 1. The maximum absolute atomic E-state index is 12.9. The Kier molecular flexibility index (Phi) is 5.55. The Morgan fingerprint density at radius 2 is 1.73 bits per heavy atom. The number of aromatic nitrogens is 3. The average Bonchev–Trinajstić information content (AvgIpc) is 3.20. The van der Waals surface area contributed by atoms with Crippen LogP contribution in [-0.2, 0) is 7.05 Å². The van der Waals surface area contributed by atoms with E-state index in [9.17, 15) is 9.59 Å². The van der Waals surface area contributed by atoms with Crippen LogP contribution in [0.2, 0.25) is 0 Å². The summed E-state index contributed by atoms with van der Waals surface area (Å²) in [5.74, 6) is 0.634. The van der Waals surface area contributed by atoms with Crippen LogP contribution in [0.25, 0.3) is 10.2 Å². The molecule has 4 heterocycles. The van der Waals surface area contributed by atoms with Crippen molar-refractivity contribution in [1.29, 1.82) is 0 Å². The normalized spacial score (nSPS) is 14.0. The Balaban J connectivity index is 1.26. The van der Waals surface area contributed by atoms with Crippen molar-refractivity contribution in [2.24, 2.45) is 7.05 Å². The summed E-state index contributed by atoms with van der Waals surface area (Å²) in [5, 5.41) is 3.40. The first kappa shape index (κ1) is 21.1. The van der Waals surface area contributed by atoms with Crippen molar-refractivity contribution in [3.8, 4) is 0 Å². The first-order chi connectivity index (χ1) is 16.0. The minimum absolute atomic E-state index is 0.147. The number of hydrogen-bond acceptors (Lipinski definition) is 7. The summed E-state index contributed by atoms with van der Waals surface area (Å²) in [7, 11) is 1.65. The van der Waals surface area contributed by atoms with E-state index in [0.29, 0.717) is 26.3 Å². The molecule has 4 aromatic rings. The number of para-hydroxylation sites is 1. The van der Waals surface area contributed by atoms with Crippen molar-refractivity contribution in [1.82, 2.24) is 14.5 Å². The second kappa shape index (κ2) is 8.67. The second-order valence-corrected chi connectivity index (χ2v) is 9.06. The third-order valence-electron chi connectivity index (χ3n) is 5.95. The first-order valence-corrected chi connectivity index (χ1v) is 11.6. The van der Waals surface area contributed by atoms with Gasteiger partial charge in [-0.05, 0) is 36.8 Å². The van der Waals surface area contributed by atoms with Crippen LogP contribution in [0.4, 0.5) is 17.2 Å². The zero-order valence-electron chi connectivity index (χ0n) is 18.5. The number of amides is 1. The molecule has 8 nitrogen and oxygen atoms in total. The van der Waals surface area contributed by atoms with Crippen molar-refractivity contribution in [2.45, 2.75) is 6.92 Å². The average molecular weight is 461 g/mol. The second-order valence-electron chi connectivity index (χ2n) is 8.07. The number of carbonyl (C=O) groups excluding carboxylic acids is 1. The number of thiophene rings is 1. The van der Waals surface area contributed by atoms with Gasteiger partial charge in [0.15, 0.2) is 0 Å². The van der Waals surface area contributed by atoms with Gasteiger partial charge in [0.05, 0.1) is 28.5 Å². The number of nitrogens with zero attached hydrogens (tertiary/aromatic N) is 5. The smallest absolute Gasteiger partial charge is 0.266 e. The molecule has 9 heteroatoms. The highest BCUT2D eigenvalue weighted by atomic mass is 32.1. The summed E-state index contributed by atoms with van der Waals surface area (Å²) in [5.41, 5.74) is 2.37. The van der Waals surface area contributed by atoms with Gasteiger partial charge in [-0.2, -0.15) is 0 Å². The van der Waals surface area contributed by atoms with Gasteiger partial charge < -0.3 is 19.7 Å². The quantitative estimate of drug-likeness (QED) is 0.503. The number of anilines is 3. The van der Waals surface area contributed by atoms with Gasteiger partial charge in [-0.25, -0.2) is 9.97 Å². The number of carbonyl (C=O) groups is 1. The largest absolute Gasteiger partial charge is 0.368 e. The highest BCUT2D eigenvalue weighted by Gasteiger charge is 2.20. The third-order valence-corrected chi connectivity index (χ3v) is 7.15. The van der Waals surface area contributed by atoms with E-state index in [-0.39, 0.29) is 11.5 Å². The standard InChI is InChI=1S/C24H24N6O2S/c1-16-20-23(26-15-28(2)24(20)32)33-21(16)22(31)27-17-8-9-19(25-14-17)30-12-10-29(11-13-30)18-6-4-3-5-7-18/h3-9,14-15H,10-13H2,1-2H3,(H,27,31). The Labute approximate surface area is 195 Å². The van der Waals surface area contributed by atoms with Gasteiger partial charge >= 0.3 is 0 Å². The highest BCUT2D eigenvalue weighted by Crippen LogP contribution is 2.28. The molecule has 0 aliphatic carbocycles. The molecule has 1 aliphatic rings. The van der Waals surface area contributed by atoms with E-state index in [2.05, 4.69) is 49.4 Å². The minimum atomic E-state index is -0.261. The number of rotatable bonds is 4. The summed E-state index contributed by atoms with van der Waals surface area (Å²) in [6.07, 6.45) is 3.15. The number of pyridine rings is 1. The number of piperazine rings is 1. The van der Waals surface area contributed by atoms with Gasteiger partial charge in [0, 0.05) is 38.9 Å². The third kappa shape index (κ3) is 4.07. The van der Waals surface area contributed by atoms with Gasteiger partial charge in [-0.15, -0.1) is 11.3 Å². The molecule has 168 valence electrons. The molecule has 0 radical (unpaired) electrons. The van der Waals surface area contributed by atoms with Crippen molar-refractivity contribution in [3.63, 3.8) is 0 Å². The van der Waals surface area contributed by atoms with Crippen LogP contribution in [0.3, 0.4) is 0 Å². The van der Waals surface area contributed by atoms with Crippen LogP contribution in [0.15, 0.2) is 59.8 Å². The van der Waals surface area contributed by atoms with Crippen LogP contribution in [-0.4, -0.2) is 46.6 Å². The predicted octanol–water partition coefficient (Wildman–Crippen LogP) is 3.28. The fourth-order valence-electron chi connectivity index (χ4n) is 4.09. The lowest BCUT2D eigenvalue weighted by Gasteiger charge is -2.36. The van der Waals surface area contributed by atoms with E-state index in [1.807, 2.05) is 18.2 Å². The van der Waals surface area contributed by atoms with Crippen LogP contribution >= 0.6 is 11.3 Å². The van der Waals surface area contributed by atoms with E-state index in [0.717, 1.165) is 32.0 Å². The molecule has 0 spiro atoms. The molecule has 1 N–H and O–H groups in total. The summed E-state index contributed by atoms with van der Waals surface area (Å²) >= 11 is 1.23. The van der Waals surface area contributed by atoms with E-state index < -0.39 is 0 Å². The van der Waals surface area contributed by atoms with Crippen LogP contribution < -0.4 is 20.7 Å². The minimum Gasteiger partial charge on any atom is -0.368 e. The van der Waals surface area contributed by atoms with Crippen molar-refractivity contribution >= 4 is 44.7 Å². The number of benzene rings is 1. The van der Waals surface area contributed by atoms with E-state index in [1.165, 1.54) is 27.9 Å². The first-order valence-electron chi connectivity index (χ1n) is 10.8. The lowest BCUT2D eigenvalue weighted by atomic mass is 10.2. The van der Waals surface area contributed by atoms with Gasteiger partial charge in [-0.3, -0.25) is 9.59 Å². The summed E-state index contributed by atoms with van der Waals surface area (Å²) in [6.45, 7) is 5.42. The van der Waals surface area contributed by atoms with Crippen molar-refractivity contribution in [3.05, 3.63) is 75.8 Å². The number of fused-ring (bicyclic) bond motifs is 1. The maximum Gasteiger partial charge on any atom is 0.266 e.